The van der Waals surface area contributed by atoms with Crippen LogP contribution in [-0.2, 0) is 0 Å². The minimum Gasteiger partial charge on any atom is -0.396 e. The van der Waals surface area contributed by atoms with E-state index in [0.717, 1.165) is 6.42 Å². The van der Waals surface area contributed by atoms with Crippen LogP contribution in [0.5, 0.6) is 0 Å². The van der Waals surface area contributed by atoms with E-state index >= 15 is 0 Å². The highest BCUT2D eigenvalue weighted by molar-refractivity contribution is 4.62. The van der Waals surface area contributed by atoms with Gasteiger partial charge in [-0.25, -0.2) is 0 Å². The Morgan fingerprint density at radius 1 is 1.38 bits per heavy atom. The largest absolute Gasteiger partial charge is 0.401 e. The Morgan fingerprint density at radius 3 is 2.38 bits per heavy atom. The highest BCUT2D eigenvalue weighted by Crippen LogP contribution is 2.13. The lowest BCUT2D eigenvalue weighted by Crippen LogP contribution is -2.32. The number of rotatable bonds is 6. The third kappa shape index (κ3) is 8.05. The van der Waals surface area contributed by atoms with Crippen LogP contribution in [0.15, 0.2) is 0 Å². The third-order valence-corrected chi connectivity index (χ3v) is 1.87. The fraction of sp³-hybridized carbons (Fsp3) is 1.00. The molecule has 1 atom stereocenters. The Labute approximate surface area is 76.1 Å². The molecule has 0 heterocycles. The highest BCUT2D eigenvalue weighted by atomic mass is 19.4. The van der Waals surface area contributed by atoms with E-state index < -0.39 is 12.7 Å². The summed E-state index contributed by atoms with van der Waals surface area (Å²) >= 11 is 0. The maximum atomic E-state index is 11.7. The molecule has 0 rings (SSSR count). The quantitative estimate of drug-likeness (QED) is 0.680. The number of hydrogen-bond acceptors (Lipinski definition) is 2. The molecular formula is C8H16F3NO. The summed E-state index contributed by atoms with van der Waals surface area (Å²) in [5, 5.41) is 10.9. The molecule has 13 heavy (non-hydrogen) atoms. The van der Waals surface area contributed by atoms with Crippen LogP contribution in [0.3, 0.4) is 0 Å². The Morgan fingerprint density at radius 2 is 2.00 bits per heavy atom. The van der Waals surface area contributed by atoms with E-state index in [9.17, 15) is 13.2 Å². The fourth-order valence-electron chi connectivity index (χ4n) is 1.05. The summed E-state index contributed by atoms with van der Waals surface area (Å²) in [6.45, 7) is 1.30. The van der Waals surface area contributed by atoms with E-state index in [4.69, 9.17) is 5.11 Å². The molecule has 2 nitrogen and oxygen atoms in total. The maximum Gasteiger partial charge on any atom is 0.401 e. The van der Waals surface area contributed by atoms with Gasteiger partial charge in [0.1, 0.15) is 0 Å². The Hall–Kier alpha value is -0.290. The molecule has 0 bridgehead atoms. The standard InChI is InChI=1S/C8H16F3NO/c1-2-7(3-4-13)5-12-6-8(9,10)11/h7,12-13H,2-6H2,1H3. The summed E-state index contributed by atoms with van der Waals surface area (Å²) in [5.41, 5.74) is 0. The van der Waals surface area contributed by atoms with Crippen LogP contribution in [0.1, 0.15) is 19.8 Å². The number of alkyl halides is 3. The van der Waals surface area contributed by atoms with Crippen LogP contribution in [0, 0.1) is 5.92 Å². The number of halogens is 3. The van der Waals surface area contributed by atoms with Gasteiger partial charge in [0.2, 0.25) is 0 Å². The molecular weight excluding hydrogens is 183 g/mol. The minimum atomic E-state index is -4.14. The van der Waals surface area contributed by atoms with E-state index in [2.05, 4.69) is 5.32 Å². The van der Waals surface area contributed by atoms with Crippen molar-refractivity contribution in [3.8, 4) is 0 Å². The van der Waals surface area contributed by atoms with Gasteiger partial charge < -0.3 is 10.4 Å². The second-order valence-electron chi connectivity index (χ2n) is 3.03. The molecule has 0 aliphatic heterocycles. The normalized spacial score (nSPS) is 14.5. The van der Waals surface area contributed by atoms with Crippen molar-refractivity contribution < 1.29 is 18.3 Å². The Balaban J connectivity index is 3.49. The Bertz CT molecular complexity index is 127. The average Bonchev–Trinajstić information content (AvgIpc) is 2.01. The number of aliphatic hydroxyl groups is 1. The van der Waals surface area contributed by atoms with Gasteiger partial charge in [-0.2, -0.15) is 13.2 Å². The SMILES string of the molecule is CCC(CCO)CNCC(F)(F)F. The van der Waals surface area contributed by atoms with Crippen molar-refractivity contribution in [3.63, 3.8) is 0 Å². The highest BCUT2D eigenvalue weighted by Gasteiger charge is 2.26. The van der Waals surface area contributed by atoms with Crippen molar-refractivity contribution in [2.45, 2.75) is 25.9 Å². The van der Waals surface area contributed by atoms with Crippen LogP contribution >= 0.6 is 0 Å². The first-order chi connectivity index (χ1) is 5.99. The molecule has 0 aromatic heterocycles. The second kappa shape index (κ2) is 6.21. The summed E-state index contributed by atoms with van der Waals surface area (Å²) in [7, 11) is 0. The van der Waals surface area contributed by atoms with E-state index in [0.29, 0.717) is 13.0 Å². The first-order valence-corrected chi connectivity index (χ1v) is 4.38. The van der Waals surface area contributed by atoms with Gasteiger partial charge in [0, 0.05) is 6.61 Å². The predicted octanol–water partition coefficient (Wildman–Crippen LogP) is 1.55. The molecule has 0 amide bonds. The van der Waals surface area contributed by atoms with Gasteiger partial charge in [0.25, 0.3) is 0 Å². The number of aliphatic hydroxyl groups excluding tert-OH is 1. The van der Waals surface area contributed by atoms with Crippen molar-refractivity contribution in [2.75, 3.05) is 19.7 Å². The zero-order valence-electron chi connectivity index (χ0n) is 7.69. The van der Waals surface area contributed by atoms with Gasteiger partial charge in [-0.05, 0) is 18.9 Å². The summed E-state index contributed by atoms with van der Waals surface area (Å²) in [6, 6.07) is 0. The summed E-state index contributed by atoms with van der Waals surface area (Å²) < 4.78 is 35.1. The lowest BCUT2D eigenvalue weighted by atomic mass is 10.0. The smallest absolute Gasteiger partial charge is 0.396 e. The molecule has 0 aromatic rings. The van der Waals surface area contributed by atoms with Crippen molar-refractivity contribution in [3.05, 3.63) is 0 Å². The van der Waals surface area contributed by atoms with Crippen LogP contribution in [0.25, 0.3) is 0 Å². The average molecular weight is 199 g/mol. The van der Waals surface area contributed by atoms with Gasteiger partial charge >= 0.3 is 6.18 Å². The molecule has 2 N–H and O–H groups in total. The monoisotopic (exact) mass is 199 g/mol. The van der Waals surface area contributed by atoms with Gasteiger partial charge in [-0.3, -0.25) is 0 Å². The van der Waals surface area contributed by atoms with Crippen molar-refractivity contribution >= 4 is 0 Å². The van der Waals surface area contributed by atoms with Crippen molar-refractivity contribution in [1.82, 2.24) is 5.32 Å². The van der Waals surface area contributed by atoms with Crippen LogP contribution in [-0.4, -0.2) is 31.0 Å². The molecule has 0 saturated heterocycles. The van der Waals surface area contributed by atoms with Gasteiger partial charge in [0.15, 0.2) is 0 Å². The summed E-state index contributed by atoms with van der Waals surface area (Å²) in [6.07, 6.45) is -2.80. The summed E-state index contributed by atoms with van der Waals surface area (Å²) in [5.74, 6) is 0.132. The predicted molar refractivity (Wildman–Crippen MR) is 44.4 cm³/mol. The lowest BCUT2D eigenvalue weighted by molar-refractivity contribution is -0.125. The zero-order valence-corrected chi connectivity index (χ0v) is 7.69. The molecule has 0 aromatic carbocycles. The molecule has 0 fully saturated rings. The Kier molecular flexibility index (Phi) is 6.07. The van der Waals surface area contributed by atoms with E-state index in [1.807, 2.05) is 6.92 Å². The maximum absolute atomic E-state index is 11.7. The van der Waals surface area contributed by atoms with Crippen LogP contribution in [0.2, 0.25) is 0 Å². The van der Waals surface area contributed by atoms with Crippen molar-refractivity contribution in [1.29, 1.82) is 0 Å². The third-order valence-electron chi connectivity index (χ3n) is 1.87. The molecule has 0 radical (unpaired) electrons. The summed E-state index contributed by atoms with van der Waals surface area (Å²) in [4.78, 5) is 0. The van der Waals surface area contributed by atoms with E-state index in [1.54, 1.807) is 0 Å². The fourth-order valence-corrected chi connectivity index (χ4v) is 1.05. The van der Waals surface area contributed by atoms with Gasteiger partial charge in [-0.15, -0.1) is 0 Å². The molecule has 0 spiro atoms. The number of hydrogen-bond donors (Lipinski definition) is 2. The molecule has 0 saturated carbocycles. The zero-order chi connectivity index (χ0) is 10.3. The van der Waals surface area contributed by atoms with Crippen LogP contribution < -0.4 is 5.32 Å². The van der Waals surface area contributed by atoms with E-state index in [1.165, 1.54) is 0 Å². The minimum absolute atomic E-state index is 0.0339. The number of nitrogens with one attached hydrogen (secondary N) is 1. The molecule has 1 unspecified atom stereocenters. The van der Waals surface area contributed by atoms with Crippen LogP contribution in [0.4, 0.5) is 13.2 Å². The van der Waals surface area contributed by atoms with E-state index in [-0.39, 0.29) is 12.5 Å². The first-order valence-electron chi connectivity index (χ1n) is 4.38. The second-order valence-corrected chi connectivity index (χ2v) is 3.03. The van der Waals surface area contributed by atoms with Gasteiger partial charge in [-0.1, -0.05) is 13.3 Å². The molecule has 5 heteroatoms. The first kappa shape index (κ1) is 12.7. The van der Waals surface area contributed by atoms with Crippen molar-refractivity contribution in [2.24, 2.45) is 5.92 Å². The molecule has 80 valence electrons. The lowest BCUT2D eigenvalue weighted by Gasteiger charge is -2.15. The molecule has 0 aliphatic carbocycles. The topological polar surface area (TPSA) is 32.3 Å². The van der Waals surface area contributed by atoms with Gasteiger partial charge in [0.05, 0.1) is 6.54 Å². The molecule has 0 aliphatic rings.